The molecule has 0 spiro atoms. The Balaban J connectivity index is 2.22. The molecule has 2 nitrogen and oxygen atoms in total. The lowest BCUT2D eigenvalue weighted by molar-refractivity contribution is 0.117. The van der Waals surface area contributed by atoms with Crippen molar-refractivity contribution < 1.29 is 4.74 Å². The third-order valence-corrected chi connectivity index (χ3v) is 3.36. The average Bonchev–Trinajstić information content (AvgIpc) is 2.36. The second-order valence-corrected chi connectivity index (χ2v) is 5.52. The number of aryl methyl sites for hydroxylation is 2. The van der Waals surface area contributed by atoms with Gasteiger partial charge in [-0.15, -0.1) is 0 Å². The van der Waals surface area contributed by atoms with E-state index < -0.39 is 0 Å². The fourth-order valence-electron chi connectivity index (χ4n) is 2.34. The molecule has 0 saturated carbocycles. The summed E-state index contributed by atoms with van der Waals surface area (Å²) in [5, 5.41) is 0. The smallest absolute Gasteiger partial charge is 0.0659 e. The number of rotatable bonds is 9. The van der Waals surface area contributed by atoms with Crippen molar-refractivity contribution in [3.8, 4) is 0 Å². The minimum atomic E-state index is -0.00533. The van der Waals surface area contributed by atoms with Gasteiger partial charge in [0.15, 0.2) is 0 Å². The summed E-state index contributed by atoms with van der Waals surface area (Å²) in [6.07, 6.45) is 6.37. The predicted octanol–water partition coefficient (Wildman–Crippen LogP) is 4.29. The lowest BCUT2D eigenvalue weighted by atomic mass is 10.0. The van der Waals surface area contributed by atoms with Gasteiger partial charge in [-0.05, 0) is 25.8 Å². The molecule has 2 N–H and O–H groups in total. The highest BCUT2D eigenvalue weighted by Crippen LogP contribution is 2.15. The molecule has 0 saturated heterocycles. The fraction of sp³-hybridized carbons (Fsp3) is 0.647. The number of unbranched alkanes of at least 4 members (excludes halogenated alkanes) is 4. The molecule has 1 atom stereocenters. The van der Waals surface area contributed by atoms with E-state index in [0.29, 0.717) is 6.61 Å². The standard InChI is InChI=1S/C17H29NO/c1-4-5-6-7-8-9-19-13-17(18)16-11-14(2)10-15(3)12-16/h10-12,17H,4-9,13,18H2,1-3H3. The van der Waals surface area contributed by atoms with Crippen molar-refractivity contribution in [2.45, 2.75) is 58.9 Å². The Bertz CT molecular complexity index is 342. The van der Waals surface area contributed by atoms with E-state index >= 15 is 0 Å². The molecule has 0 aliphatic carbocycles. The van der Waals surface area contributed by atoms with Gasteiger partial charge in [0.1, 0.15) is 0 Å². The van der Waals surface area contributed by atoms with Crippen LogP contribution in [-0.2, 0) is 4.74 Å². The highest BCUT2D eigenvalue weighted by Gasteiger charge is 2.07. The summed E-state index contributed by atoms with van der Waals surface area (Å²) >= 11 is 0. The largest absolute Gasteiger partial charge is 0.379 e. The molecule has 1 aromatic carbocycles. The molecule has 108 valence electrons. The van der Waals surface area contributed by atoms with E-state index in [2.05, 4.69) is 39.0 Å². The lowest BCUT2D eigenvalue weighted by Gasteiger charge is -2.14. The molecule has 0 radical (unpaired) electrons. The maximum atomic E-state index is 6.17. The van der Waals surface area contributed by atoms with Crippen molar-refractivity contribution in [3.05, 3.63) is 34.9 Å². The van der Waals surface area contributed by atoms with Crippen molar-refractivity contribution in [3.63, 3.8) is 0 Å². The zero-order valence-electron chi connectivity index (χ0n) is 12.7. The van der Waals surface area contributed by atoms with Gasteiger partial charge in [-0.2, -0.15) is 0 Å². The summed E-state index contributed by atoms with van der Waals surface area (Å²) in [7, 11) is 0. The minimum absolute atomic E-state index is 0.00533. The van der Waals surface area contributed by atoms with Gasteiger partial charge in [-0.3, -0.25) is 0 Å². The van der Waals surface area contributed by atoms with E-state index in [4.69, 9.17) is 10.5 Å². The second kappa shape index (κ2) is 9.11. The van der Waals surface area contributed by atoms with Crippen molar-refractivity contribution in [1.82, 2.24) is 0 Å². The molecule has 1 rings (SSSR count). The van der Waals surface area contributed by atoms with Crippen molar-refractivity contribution in [2.75, 3.05) is 13.2 Å². The first kappa shape index (κ1) is 16.2. The summed E-state index contributed by atoms with van der Waals surface area (Å²) in [6, 6.07) is 6.48. The topological polar surface area (TPSA) is 35.2 Å². The van der Waals surface area contributed by atoms with Crippen LogP contribution in [0.4, 0.5) is 0 Å². The van der Waals surface area contributed by atoms with Crippen LogP contribution < -0.4 is 5.73 Å². The summed E-state index contributed by atoms with van der Waals surface area (Å²) in [5.74, 6) is 0. The SMILES string of the molecule is CCCCCCCOCC(N)c1cc(C)cc(C)c1. The normalized spacial score (nSPS) is 12.6. The predicted molar refractivity (Wildman–Crippen MR) is 82.4 cm³/mol. The Labute approximate surface area is 118 Å². The van der Waals surface area contributed by atoms with Crippen LogP contribution in [0.25, 0.3) is 0 Å². The van der Waals surface area contributed by atoms with E-state index in [9.17, 15) is 0 Å². The summed E-state index contributed by atoms with van der Waals surface area (Å²) in [5.41, 5.74) is 9.89. The third kappa shape index (κ3) is 6.74. The molecule has 0 heterocycles. The number of benzene rings is 1. The Kier molecular flexibility index (Phi) is 7.76. The molecule has 0 aliphatic heterocycles. The van der Waals surface area contributed by atoms with E-state index in [1.54, 1.807) is 0 Å². The number of hydrogen-bond donors (Lipinski definition) is 1. The number of hydrogen-bond acceptors (Lipinski definition) is 2. The molecular formula is C17H29NO. The zero-order chi connectivity index (χ0) is 14.1. The Morgan fingerprint density at radius 2 is 1.63 bits per heavy atom. The van der Waals surface area contributed by atoms with Gasteiger partial charge in [0.2, 0.25) is 0 Å². The molecule has 2 heteroatoms. The Hall–Kier alpha value is -0.860. The van der Waals surface area contributed by atoms with E-state index in [0.717, 1.165) is 13.0 Å². The Morgan fingerprint density at radius 3 is 2.26 bits per heavy atom. The zero-order valence-corrected chi connectivity index (χ0v) is 12.7. The van der Waals surface area contributed by atoms with Gasteiger partial charge >= 0.3 is 0 Å². The summed E-state index contributed by atoms with van der Waals surface area (Å²) in [4.78, 5) is 0. The quantitative estimate of drug-likeness (QED) is 0.674. The lowest BCUT2D eigenvalue weighted by Crippen LogP contribution is -2.17. The maximum Gasteiger partial charge on any atom is 0.0659 e. The van der Waals surface area contributed by atoms with Crippen LogP contribution >= 0.6 is 0 Å². The van der Waals surface area contributed by atoms with Crippen molar-refractivity contribution in [1.29, 1.82) is 0 Å². The first-order valence-electron chi connectivity index (χ1n) is 7.55. The molecule has 0 fully saturated rings. The summed E-state index contributed by atoms with van der Waals surface area (Å²) in [6.45, 7) is 7.91. The van der Waals surface area contributed by atoms with Crippen LogP contribution in [-0.4, -0.2) is 13.2 Å². The molecule has 0 aliphatic rings. The van der Waals surface area contributed by atoms with Gasteiger partial charge in [-0.25, -0.2) is 0 Å². The monoisotopic (exact) mass is 263 g/mol. The van der Waals surface area contributed by atoms with Crippen LogP contribution in [0.15, 0.2) is 18.2 Å². The molecule has 0 aromatic heterocycles. The summed E-state index contributed by atoms with van der Waals surface area (Å²) < 4.78 is 5.68. The van der Waals surface area contributed by atoms with E-state index in [1.165, 1.54) is 42.4 Å². The van der Waals surface area contributed by atoms with E-state index in [-0.39, 0.29) is 6.04 Å². The van der Waals surface area contributed by atoms with Crippen LogP contribution in [0.5, 0.6) is 0 Å². The van der Waals surface area contributed by atoms with Crippen LogP contribution in [0, 0.1) is 13.8 Å². The second-order valence-electron chi connectivity index (χ2n) is 5.52. The first-order valence-corrected chi connectivity index (χ1v) is 7.55. The Morgan fingerprint density at radius 1 is 1.00 bits per heavy atom. The van der Waals surface area contributed by atoms with Crippen LogP contribution in [0.3, 0.4) is 0 Å². The third-order valence-electron chi connectivity index (χ3n) is 3.36. The number of ether oxygens (including phenoxy) is 1. The maximum absolute atomic E-state index is 6.17. The van der Waals surface area contributed by atoms with Gasteiger partial charge in [0, 0.05) is 6.61 Å². The van der Waals surface area contributed by atoms with Crippen LogP contribution in [0.1, 0.15) is 61.8 Å². The minimum Gasteiger partial charge on any atom is -0.379 e. The van der Waals surface area contributed by atoms with Crippen molar-refractivity contribution in [2.24, 2.45) is 5.73 Å². The van der Waals surface area contributed by atoms with Crippen LogP contribution in [0.2, 0.25) is 0 Å². The molecule has 19 heavy (non-hydrogen) atoms. The van der Waals surface area contributed by atoms with Gasteiger partial charge < -0.3 is 10.5 Å². The molecular weight excluding hydrogens is 234 g/mol. The van der Waals surface area contributed by atoms with Crippen molar-refractivity contribution >= 4 is 0 Å². The molecule has 0 bridgehead atoms. The van der Waals surface area contributed by atoms with E-state index in [1.807, 2.05) is 0 Å². The van der Waals surface area contributed by atoms with Gasteiger partial charge in [0.25, 0.3) is 0 Å². The van der Waals surface area contributed by atoms with Gasteiger partial charge in [-0.1, -0.05) is 61.9 Å². The highest BCUT2D eigenvalue weighted by molar-refractivity contribution is 5.30. The molecule has 1 unspecified atom stereocenters. The number of nitrogens with two attached hydrogens (primary N) is 1. The fourth-order valence-corrected chi connectivity index (χ4v) is 2.34. The highest BCUT2D eigenvalue weighted by atomic mass is 16.5. The average molecular weight is 263 g/mol. The molecule has 1 aromatic rings. The first-order chi connectivity index (χ1) is 9.13. The molecule has 0 amide bonds. The van der Waals surface area contributed by atoms with Gasteiger partial charge in [0.05, 0.1) is 12.6 Å².